The Hall–Kier alpha value is -6.10. The zero-order valence-corrected chi connectivity index (χ0v) is 33.6. The highest BCUT2D eigenvalue weighted by atomic mass is 16.5. The van der Waals surface area contributed by atoms with Crippen LogP contribution in [0.15, 0.2) is 60.9 Å². The third kappa shape index (κ3) is 7.41. The molecule has 4 aliphatic rings. The van der Waals surface area contributed by atoms with Crippen LogP contribution in [-0.4, -0.2) is 102 Å². The summed E-state index contributed by atoms with van der Waals surface area (Å²) in [5, 5.41) is 12.4. The van der Waals surface area contributed by atoms with Crippen LogP contribution in [0.5, 0.6) is 0 Å². The van der Waals surface area contributed by atoms with Crippen molar-refractivity contribution in [2.75, 3.05) is 14.2 Å². The van der Waals surface area contributed by atoms with Gasteiger partial charge in [0.1, 0.15) is 23.7 Å². The molecule has 0 spiro atoms. The second-order valence-electron chi connectivity index (χ2n) is 16.8. The number of hydrogen-bond donors (Lipinski definition) is 4. The van der Waals surface area contributed by atoms with Crippen molar-refractivity contribution < 1.29 is 29.0 Å². The number of piperidine rings is 2. The standard InChI is InChI=1S/C44H50N8O6/c1-23(2)37(49-43(55)58-6)41(53)51-33-17-29(33)19-35(51)39-45-21-31(47-39)27-13-9-25(10-14-27)7-8-26-11-15-28(16-12-26)32-22-46-40(48-32)36-20-30-18-34(30)52(36)42(54)38(24(3)4)50(5)44(56)57/h9-16,21-24,29-30,33-38H,17-20H2,1-6H3,(H,45,47)(H,46,48)(H,49,55)(H,56,57)/t29-,30+,33+,34+,35-,36-,37-,38-/m0/s1. The van der Waals surface area contributed by atoms with Crippen LogP contribution in [-0.2, 0) is 14.3 Å². The van der Waals surface area contributed by atoms with Gasteiger partial charge in [0.15, 0.2) is 0 Å². The highest BCUT2D eigenvalue weighted by molar-refractivity contribution is 5.88. The van der Waals surface area contributed by atoms with E-state index < -0.39 is 24.3 Å². The summed E-state index contributed by atoms with van der Waals surface area (Å²) in [4.78, 5) is 72.7. The third-order valence-electron chi connectivity index (χ3n) is 12.3. The Bertz CT molecular complexity index is 2270. The fourth-order valence-electron chi connectivity index (χ4n) is 8.97. The van der Waals surface area contributed by atoms with Gasteiger partial charge in [-0.05, 0) is 73.6 Å². The van der Waals surface area contributed by atoms with Crippen LogP contribution in [0, 0.1) is 35.5 Å². The summed E-state index contributed by atoms with van der Waals surface area (Å²) < 4.78 is 4.78. The van der Waals surface area contributed by atoms with E-state index in [0.717, 1.165) is 70.0 Å². The van der Waals surface area contributed by atoms with Crippen molar-refractivity contribution in [2.24, 2.45) is 23.7 Å². The minimum Gasteiger partial charge on any atom is -0.465 e. The molecular weight excluding hydrogens is 737 g/mol. The molecule has 2 aromatic carbocycles. The first-order valence-corrected chi connectivity index (χ1v) is 20.1. The van der Waals surface area contributed by atoms with Gasteiger partial charge in [-0.25, -0.2) is 19.6 Å². The van der Waals surface area contributed by atoms with Crippen molar-refractivity contribution in [2.45, 2.75) is 89.6 Å². The molecule has 0 radical (unpaired) electrons. The lowest BCUT2D eigenvalue weighted by Gasteiger charge is -2.35. The van der Waals surface area contributed by atoms with E-state index in [1.54, 1.807) is 0 Å². The van der Waals surface area contributed by atoms with Gasteiger partial charge in [0.2, 0.25) is 11.8 Å². The molecule has 14 heteroatoms. The third-order valence-corrected chi connectivity index (χ3v) is 12.3. The first-order valence-electron chi connectivity index (χ1n) is 20.1. The van der Waals surface area contributed by atoms with Crippen LogP contribution in [0.1, 0.15) is 88.2 Å². The van der Waals surface area contributed by atoms with Crippen molar-refractivity contribution in [3.05, 3.63) is 83.7 Å². The molecule has 2 saturated heterocycles. The Balaban J connectivity index is 0.908. The molecule has 4 N–H and O–H groups in total. The number of ether oxygens (including phenoxy) is 1. The van der Waals surface area contributed by atoms with Crippen molar-refractivity contribution in [3.8, 4) is 34.4 Å². The van der Waals surface area contributed by atoms with Crippen molar-refractivity contribution in [3.63, 3.8) is 0 Å². The van der Waals surface area contributed by atoms with Gasteiger partial charge in [0, 0.05) is 53.8 Å². The maximum absolute atomic E-state index is 13.8. The number of carboxylic acid groups (broad SMARTS) is 1. The highest BCUT2D eigenvalue weighted by Gasteiger charge is 2.57. The molecule has 4 amide bonds. The van der Waals surface area contributed by atoms with Crippen molar-refractivity contribution in [1.82, 2.24) is 40.0 Å². The minimum absolute atomic E-state index is 0.102. The second-order valence-corrected chi connectivity index (χ2v) is 16.8. The number of carbonyl (C=O) groups excluding carboxylic acids is 3. The van der Waals surface area contributed by atoms with E-state index in [1.807, 2.05) is 98.4 Å². The number of hydrogen-bond acceptors (Lipinski definition) is 7. The number of likely N-dealkylation sites (N-methyl/N-ethyl adjacent to an activating group) is 1. The van der Waals surface area contributed by atoms with Gasteiger partial charge in [-0.2, -0.15) is 0 Å². The minimum atomic E-state index is -1.12. The number of carbonyl (C=O) groups is 4. The van der Waals surface area contributed by atoms with E-state index in [-0.39, 0.29) is 47.8 Å². The number of likely N-dealkylation sites (tertiary alicyclic amines) is 2. The molecule has 8 atom stereocenters. The first kappa shape index (κ1) is 38.8. The molecule has 2 aliphatic heterocycles. The Morgan fingerprint density at radius 3 is 1.64 bits per heavy atom. The molecule has 2 saturated carbocycles. The smallest absolute Gasteiger partial charge is 0.407 e. The molecule has 4 fully saturated rings. The summed E-state index contributed by atoms with van der Waals surface area (Å²) in [6.07, 6.45) is 5.55. The molecule has 0 bridgehead atoms. The van der Waals surface area contributed by atoms with Gasteiger partial charge in [0.05, 0.1) is 30.6 Å². The van der Waals surface area contributed by atoms with Gasteiger partial charge in [-0.15, -0.1) is 0 Å². The maximum Gasteiger partial charge on any atom is 0.407 e. The lowest BCUT2D eigenvalue weighted by Crippen LogP contribution is -2.52. The average molecular weight is 787 g/mol. The van der Waals surface area contributed by atoms with E-state index in [2.05, 4.69) is 27.1 Å². The number of benzene rings is 2. The molecule has 58 heavy (non-hydrogen) atoms. The lowest BCUT2D eigenvalue weighted by atomic mass is 10.0. The number of aromatic amines is 2. The topological polar surface area (TPSA) is 177 Å². The number of imidazole rings is 2. The number of alkyl carbamates (subject to hydrolysis) is 1. The molecule has 2 aromatic heterocycles. The molecule has 0 unspecified atom stereocenters. The Kier molecular flexibility index (Phi) is 10.3. The zero-order valence-electron chi connectivity index (χ0n) is 33.6. The summed E-state index contributed by atoms with van der Waals surface area (Å²) in [6.45, 7) is 7.58. The number of nitrogens with zero attached hydrogens (tertiary/aromatic N) is 5. The van der Waals surface area contributed by atoms with Crippen LogP contribution >= 0.6 is 0 Å². The van der Waals surface area contributed by atoms with Crippen LogP contribution in [0.3, 0.4) is 0 Å². The van der Waals surface area contributed by atoms with Gasteiger partial charge in [-0.1, -0.05) is 63.8 Å². The predicted octanol–water partition coefficient (Wildman–Crippen LogP) is 6.21. The number of aromatic nitrogens is 4. The Labute approximate surface area is 337 Å². The van der Waals surface area contributed by atoms with Gasteiger partial charge >= 0.3 is 12.2 Å². The van der Waals surface area contributed by atoms with Crippen LogP contribution in [0.25, 0.3) is 22.5 Å². The SMILES string of the molecule is COC(=O)N[C@H](C(=O)N1[C@@H]2C[C@H]2C[C@H]1c1nc(-c2ccc(C#Cc3ccc(-c4c[nH]c([C@@H]5C[C@H]6C[C@H]6N5C(=O)[C@H](C(C)C)N(C)C(=O)O)n4)cc3)cc2)c[nH]1)C(C)C. The summed E-state index contributed by atoms with van der Waals surface area (Å²) in [7, 11) is 2.76. The van der Waals surface area contributed by atoms with Crippen molar-refractivity contribution in [1.29, 1.82) is 0 Å². The number of H-pyrrole nitrogens is 2. The summed E-state index contributed by atoms with van der Waals surface area (Å²) in [6, 6.07) is 14.2. The predicted molar refractivity (Wildman–Crippen MR) is 215 cm³/mol. The van der Waals surface area contributed by atoms with E-state index >= 15 is 0 Å². The van der Waals surface area contributed by atoms with Gasteiger partial charge < -0.3 is 34.9 Å². The molecule has 14 nitrogen and oxygen atoms in total. The van der Waals surface area contributed by atoms with Crippen LogP contribution in [0.2, 0.25) is 0 Å². The van der Waals surface area contributed by atoms with E-state index in [9.17, 15) is 24.3 Å². The molecule has 4 aromatic rings. The molecule has 2 aliphatic carbocycles. The lowest BCUT2D eigenvalue weighted by molar-refractivity contribution is -0.140. The number of fused-ring (bicyclic) bond motifs is 2. The summed E-state index contributed by atoms with van der Waals surface area (Å²) in [5.74, 6) is 8.27. The Morgan fingerprint density at radius 2 is 1.22 bits per heavy atom. The van der Waals surface area contributed by atoms with E-state index in [0.29, 0.717) is 17.7 Å². The van der Waals surface area contributed by atoms with Crippen LogP contribution < -0.4 is 5.32 Å². The van der Waals surface area contributed by atoms with Gasteiger partial charge in [-0.3, -0.25) is 14.5 Å². The maximum atomic E-state index is 13.8. The number of nitrogens with one attached hydrogen (secondary N) is 3. The van der Waals surface area contributed by atoms with Gasteiger partial charge in [0.25, 0.3) is 0 Å². The van der Waals surface area contributed by atoms with Crippen LogP contribution in [0.4, 0.5) is 9.59 Å². The second kappa shape index (κ2) is 15.3. The fourth-order valence-corrected chi connectivity index (χ4v) is 8.97. The summed E-state index contributed by atoms with van der Waals surface area (Å²) >= 11 is 0. The molecular formula is C44H50N8O6. The molecule has 8 rings (SSSR count). The highest BCUT2D eigenvalue weighted by Crippen LogP contribution is 2.54. The average Bonchev–Trinajstić information content (AvgIpc) is 3.79. The fraction of sp³-hybridized carbons (Fsp3) is 0.455. The number of amides is 4. The summed E-state index contributed by atoms with van der Waals surface area (Å²) in [5.41, 5.74) is 5.10. The molecule has 302 valence electrons. The van der Waals surface area contributed by atoms with E-state index in [4.69, 9.17) is 14.7 Å². The van der Waals surface area contributed by atoms with Crippen molar-refractivity contribution >= 4 is 24.0 Å². The monoisotopic (exact) mass is 786 g/mol. The zero-order chi connectivity index (χ0) is 41.0. The first-order chi connectivity index (χ1) is 27.8. The Morgan fingerprint density at radius 1 is 0.759 bits per heavy atom. The quantitative estimate of drug-likeness (QED) is 0.137. The molecule has 4 heterocycles. The van der Waals surface area contributed by atoms with E-state index in [1.165, 1.54) is 14.2 Å². The number of rotatable bonds is 10. The number of methoxy groups -OCH3 is 1. The normalized spacial score (nSPS) is 23.7. The largest absolute Gasteiger partial charge is 0.465 e.